The van der Waals surface area contributed by atoms with Crippen LogP contribution in [-0.2, 0) is 23.8 Å². The van der Waals surface area contributed by atoms with Crippen LogP contribution in [0.5, 0.6) is 0 Å². The van der Waals surface area contributed by atoms with Crippen molar-refractivity contribution < 1.29 is 26.9 Å². The first-order chi connectivity index (χ1) is 15.3. The summed E-state index contributed by atoms with van der Waals surface area (Å²) in [5.41, 5.74) is 0.429. The van der Waals surface area contributed by atoms with Gasteiger partial charge in [-0.3, -0.25) is 13.5 Å². The summed E-state index contributed by atoms with van der Waals surface area (Å²) < 4.78 is 41.7. The summed E-state index contributed by atoms with van der Waals surface area (Å²) in [6.07, 6.45) is 2.93. The number of aromatic nitrogens is 4. The molecule has 3 aromatic rings. The Labute approximate surface area is 196 Å². The van der Waals surface area contributed by atoms with Gasteiger partial charge in [-0.1, -0.05) is 40.8 Å². The van der Waals surface area contributed by atoms with E-state index in [0.717, 1.165) is 6.26 Å². The molecule has 2 aliphatic heterocycles. The Morgan fingerprint density at radius 1 is 1.31 bits per heavy atom. The van der Waals surface area contributed by atoms with Gasteiger partial charge in [0, 0.05) is 5.56 Å². The number of amides is 1. The van der Waals surface area contributed by atoms with Crippen molar-refractivity contribution in [2.75, 3.05) is 24.8 Å². The van der Waals surface area contributed by atoms with Crippen molar-refractivity contribution in [3.05, 3.63) is 48.5 Å². The molecule has 1 aromatic carbocycles. The van der Waals surface area contributed by atoms with Gasteiger partial charge >= 0.3 is 0 Å². The highest BCUT2D eigenvalue weighted by Gasteiger charge is 2.61. The second kappa shape index (κ2) is 7.98. The fraction of sp³-hybridized carbons (Fsp3) is 0.368. The lowest BCUT2D eigenvalue weighted by atomic mass is 10.0. The minimum absolute atomic E-state index is 0.146. The van der Waals surface area contributed by atoms with E-state index in [-0.39, 0.29) is 35.0 Å². The maximum absolute atomic E-state index is 12.5. The van der Waals surface area contributed by atoms with E-state index in [4.69, 9.17) is 13.7 Å². The molecule has 4 heterocycles. The summed E-state index contributed by atoms with van der Waals surface area (Å²) in [5, 5.41) is 2.77. The Hall–Kier alpha value is -2.20. The Kier molecular flexibility index (Phi) is 5.40. The lowest BCUT2D eigenvalue weighted by Gasteiger charge is -2.30. The number of rotatable bonds is 6. The number of imidazole rings is 1. The predicted molar refractivity (Wildman–Crippen MR) is 121 cm³/mol. The maximum Gasteiger partial charge on any atom is 0.264 e. The number of carbonyl (C=O) groups excluding carboxylic acids is 1. The van der Waals surface area contributed by atoms with E-state index < -0.39 is 21.9 Å². The minimum Gasteiger partial charge on any atom is -0.369 e. The molecule has 32 heavy (non-hydrogen) atoms. The molecule has 2 bridgehead atoms. The van der Waals surface area contributed by atoms with Gasteiger partial charge in [-0.05, 0) is 12.1 Å². The van der Waals surface area contributed by atoms with Crippen molar-refractivity contribution in [1.82, 2.24) is 19.5 Å². The van der Waals surface area contributed by atoms with Crippen molar-refractivity contribution in [3.63, 3.8) is 0 Å². The van der Waals surface area contributed by atoms with Crippen LogP contribution in [0.3, 0.4) is 0 Å². The Morgan fingerprint density at radius 2 is 2.09 bits per heavy atom. The van der Waals surface area contributed by atoms with Crippen molar-refractivity contribution in [1.29, 1.82) is 0 Å². The molecule has 0 spiro atoms. The zero-order valence-corrected chi connectivity index (χ0v) is 19.7. The molecule has 1 N–H and O–H groups in total. The van der Waals surface area contributed by atoms with Crippen LogP contribution in [0.15, 0.2) is 43.0 Å². The average molecular weight is 571 g/mol. The van der Waals surface area contributed by atoms with Crippen LogP contribution in [0.4, 0.5) is 5.82 Å². The third kappa shape index (κ3) is 3.77. The Bertz CT molecular complexity index is 1290. The summed E-state index contributed by atoms with van der Waals surface area (Å²) in [6, 6.07) is 8.77. The third-order valence-electron chi connectivity index (χ3n) is 5.37. The first-order valence-electron chi connectivity index (χ1n) is 9.59. The van der Waals surface area contributed by atoms with E-state index in [1.165, 1.54) is 6.33 Å². The van der Waals surface area contributed by atoms with E-state index in [0.29, 0.717) is 16.7 Å². The van der Waals surface area contributed by atoms with Crippen LogP contribution in [0, 0.1) is 0 Å². The highest BCUT2D eigenvalue weighted by molar-refractivity contribution is 14.1. The number of benzene rings is 1. The normalized spacial score (nSPS) is 27.1. The lowest BCUT2D eigenvalue weighted by Crippen LogP contribution is -2.43. The van der Waals surface area contributed by atoms with Gasteiger partial charge < -0.3 is 14.8 Å². The second-order valence-electron chi connectivity index (χ2n) is 7.58. The van der Waals surface area contributed by atoms with E-state index in [1.807, 2.05) is 6.07 Å². The molecule has 168 valence electrons. The summed E-state index contributed by atoms with van der Waals surface area (Å²) in [6.45, 7) is 0.0731. The van der Waals surface area contributed by atoms with Gasteiger partial charge in [0.15, 0.2) is 23.2 Å². The maximum atomic E-state index is 12.5. The monoisotopic (exact) mass is 571 g/mol. The largest absolute Gasteiger partial charge is 0.369 e. The highest BCUT2D eigenvalue weighted by atomic mass is 127. The van der Waals surface area contributed by atoms with Crippen LogP contribution in [-0.4, -0.2) is 68.9 Å². The highest BCUT2D eigenvalue weighted by Crippen LogP contribution is 2.49. The van der Waals surface area contributed by atoms with Crippen LogP contribution < -0.4 is 5.32 Å². The van der Waals surface area contributed by atoms with Crippen molar-refractivity contribution in [3.8, 4) is 0 Å². The number of hydrogen-bond donors (Lipinski definition) is 1. The Morgan fingerprint density at radius 3 is 2.84 bits per heavy atom. The van der Waals surface area contributed by atoms with E-state index in [1.54, 1.807) is 35.2 Å². The van der Waals surface area contributed by atoms with Gasteiger partial charge in [-0.2, -0.15) is 8.42 Å². The molecule has 2 saturated heterocycles. The molecular weight excluding hydrogens is 553 g/mol. The second-order valence-corrected chi connectivity index (χ2v) is 10.6. The number of ether oxygens (including phenoxy) is 2. The van der Waals surface area contributed by atoms with Crippen LogP contribution in [0.25, 0.3) is 11.2 Å². The van der Waals surface area contributed by atoms with Crippen LogP contribution >= 0.6 is 22.6 Å². The first kappa shape index (κ1) is 21.6. The summed E-state index contributed by atoms with van der Waals surface area (Å²) in [4.78, 5) is 25.4. The zero-order valence-electron chi connectivity index (χ0n) is 16.7. The lowest BCUT2D eigenvalue weighted by molar-refractivity contribution is -0.179. The first-order valence-corrected chi connectivity index (χ1v) is 12.7. The SMILES string of the molecule is CS(=O)(=O)OC[C@]12CO[C@@H](C1I)[C@H](n1cnc3c(NC(=O)c4ccccc4)ncnc31)O2. The number of nitrogens with one attached hydrogen (secondary N) is 1. The molecule has 5 rings (SSSR count). The summed E-state index contributed by atoms with van der Waals surface area (Å²) in [7, 11) is -3.63. The van der Waals surface area contributed by atoms with Gasteiger partial charge in [0.2, 0.25) is 0 Å². The molecule has 0 saturated carbocycles. The Balaban J connectivity index is 1.43. The van der Waals surface area contributed by atoms with Gasteiger partial charge in [-0.15, -0.1) is 0 Å². The molecular formula is C19H18IN5O6S. The number of anilines is 1. The average Bonchev–Trinajstić information content (AvgIpc) is 3.42. The number of nitrogens with zero attached hydrogens (tertiary/aromatic N) is 4. The number of hydrogen-bond acceptors (Lipinski definition) is 9. The molecule has 0 aliphatic carbocycles. The fourth-order valence-electron chi connectivity index (χ4n) is 3.81. The van der Waals surface area contributed by atoms with Crippen molar-refractivity contribution in [2.24, 2.45) is 0 Å². The molecule has 2 aliphatic rings. The molecule has 11 nitrogen and oxygen atoms in total. The fourth-order valence-corrected chi connectivity index (χ4v) is 5.29. The van der Waals surface area contributed by atoms with E-state index >= 15 is 0 Å². The number of alkyl halides is 1. The van der Waals surface area contributed by atoms with Gasteiger partial charge in [0.25, 0.3) is 16.0 Å². The molecule has 0 radical (unpaired) electrons. The summed E-state index contributed by atoms with van der Waals surface area (Å²) >= 11 is 2.20. The van der Waals surface area contributed by atoms with Crippen molar-refractivity contribution in [2.45, 2.75) is 21.9 Å². The van der Waals surface area contributed by atoms with Gasteiger partial charge in [0.05, 0.1) is 29.7 Å². The summed E-state index contributed by atoms with van der Waals surface area (Å²) in [5.74, 6) is -0.0447. The van der Waals surface area contributed by atoms with E-state index in [2.05, 4.69) is 42.9 Å². The number of carbonyl (C=O) groups is 1. The van der Waals surface area contributed by atoms with Gasteiger partial charge in [-0.25, -0.2) is 15.0 Å². The minimum atomic E-state index is -3.63. The third-order valence-corrected chi connectivity index (χ3v) is 7.76. The molecule has 4 atom stereocenters. The number of fused-ring (bicyclic) bond motifs is 3. The molecule has 2 fully saturated rings. The van der Waals surface area contributed by atoms with Crippen molar-refractivity contribution >= 4 is 55.6 Å². The smallest absolute Gasteiger partial charge is 0.264 e. The van der Waals surface area contributed by atoms with Crippen LogP contribution in [0.1, 0.15) is 16.6 Å². The molecule has 1 unspecified atom stereocenters. The van der Waals surface area contributed by atoms with Crippen LogP contribution in [0.2, 0.25) is 0 Å². The van der Waals surface area contributed by atoms with E-state index in [9.17, 15) is 13.2 Å². The molecule has 2 aromatic heterocycles. The quantitative estimate of drug-likeness (QED) is 0.266. The predicted octanol–water partition coefficient (Wildman–Crippen LogP) is 1.52. The number of halogens is 1. The zero-order chi connectivity index (χ0) is 22.5. The van der Waals surface area contributed by atoms with Gasteiger partial charge in [0.1, 0.15) is 18.0 Å². The standard InChI is InChI=1S/C19H18IN5O6S/c1-32(27,28)30-8-19-7-29-13(14(19)20)18(31-19)25-10-23-12-15(21-9-22-16(12)25)24-17(26)11-5-3-2-4-6-11/h2-6,9-10,13-14,18H,7-8H2,1H3,(H,21,22,24,26)/t13-,14?,18+,19+/m0/s1. The topological polar surface area (TPSA) is 135 Å². The molecule has 13 heteroatoms. The molecule has 1 amide bonds.